The first-order valence-electron chi connectivity index (χ1n) is 5.12. The van der Waals surface area contributed by atoms with Gasteiger partial charge in [-0.05, 0) is 50.3 Å². The van der Waals surface area contributed by atoms with E-state index >= 15 is 0 Å². The molecule has 0 heterocycles. The maximum atomic E-state index is 9.84. The van der Waals surface area contributed by atoms with E-state index < -0.39 is 0 Å². The number of phenolic OH excluding ortho intramolecular Hbond substituents is 1. The Morgan fingerprint density at radius 2 is 1.88 bits per heavy atom. The molecule has 0 amide bonds. The quantitative estimate of drug-likeness (QED) is 0.688. The van der Waals surface area contributed by atoms with E-state index in [4.69, 9.17) is 5.73 Å². The first-order chi connectivity index (χ1) is 7.50. The van der Waals surface area contributed by atoms with Gasteiger partial charge in [0.2, 0.25) is 0 Å². The lowest BCUT2D eigenvalue weighted by Gasteiger charge is -2.17. The van der Waals surface area contributed by atoms with Crippen molar-refractivity contribution in [3.8, 4) is 5.75 Å². The largest absolute Gasteiger partial charge is 0.506 e. The third-order valence-electron chi connectivity index (χ3n) is 2.84. The van der Waals surface area contributed by atoms with Crippen molar-refractivity contribution >= 4 is 60.2 Å². The number of halogens is 4. The first-order valence-corrected chi connectivity index (χ1v) is 7.50. The van der Waals surface area contributed by atoms with Gasteiger partial charge in [0.25, 0.3) is 0 Å². The Bertz CT molecular complexity index is 424. The molecule has 1 aliphatic carbocycles. The second kappa shape index (κ2) is 6.24. The van der Waals surface area contributed by atoms with Crippen molar-refractivity contribution < 1.29 is 5.11 Å². The Hall–Kier alpha value is 0.710. The predicted molar refractivity (Wildman–Crippen MR) is 82.7 cm³/mol. The van der Waals surface area contributed by atoms with Gasteiger partial charge in [0.15, 0.2) is 0 Å². The fourth-order valence-corrected chi connectivity index (χ4v) is 4.47. The van der Waals surface area contributed by atoms with Crippen LogP contribution in [0, 0.1) is 5.92 Å². The van der Waals surface area contributed by atoms with Crippen LogP contribution in [0.4, 0.5) is 0 Å². The van der Waals surface area contributed by atoms with Crippen LogP contribution in [-0.2, 0) is 0 Å². The molecular weight excluding hydrogens is 437 g/mol. The lowest BCUT2D eigenvalue weighted by Crippen LogP contribution is -2.12. The van der Waals surface area contributed by atoms with Gasteiger partial charge < -0.3 is 10.8 Å². The molecule has 0 bridgehead atoms. The summed E-state index contributed by atoms with van der Waals surface area (Å²) in [5.74, 6) is 0.976. The Kier molecular flexibility index (Phi) is 5.79. The minimum atomic E-state index is -0.0322. The summed E-state index contributed by atoms with van der Waals surface area (Å²) in [4.78, 5) is 0. The summed E-state index contributed by atoms with van der Waals surface area (Å²) < 4.78 is 2.27. The molecule has 1 atom stereocenters. The smallest absolute Gasteiger partial charge is 0.144 e. The van der Waals surface area contributed by atoms with Crippen LogP contribution in [0.15, 0.2) is 19.5 Å². The summed E-state index contributed by atoms with van der Waals surface area (Å²) in [6.07, 6.45) is 3.55. The lowest BCUT2D eigenvalue weighted by atomic mass is 10.0. The molecule has 1 saturated carbocycles. The van der Waals surface area contributed by atoms with Crippen LogP contribution in [-0.4, -0.2) is 5.11 Å². The first kappa shape index (κ1) is 15.8. The van der Waals surface area contributed by atoms with Crippen LogP contribution in [0.5, 0.6) is 5.75 Å². The molecular formula is C11H13Br3ClNO. The number of hydrogen-bond acceptors (Lipinski definition) is 2. The highest BCUT2D eigenvalue weighted by atomic mass is 79.9. The molecule has 0 radical (unpaired) electrons. The standard InChI is InChI=1S/C11H12Br3NO.ClH/c12-6-4-7(13)11(16)10(14)9(6)8(15)3-5-1-2-5;/h4-5,8,16H,1-3,15H2;1H/t8-;/m0./s1. The van der Waals surface area contributed by atoms with Crippen LogP contribution >= 0.6 is 60.2 Å². The molecule has 0 aromatic heterocycles. The number of rotatable bonds is 3. The van der Waals surface area contributed by atoms with Gasteiger partial charge in [-0.1, -0.05) is 28.8 Å². The molecule has 0 saturated heterocycles. The molecule has 2 rings (SSSR count). The van der Waals surface area contributed by atoms with Crippen LogP contribution in [0.3, 0.4) is 0 Å². The van der Waals surface area contributed by atoms with E-state index in [1.807, 2.05) is 6.07 Å². The fourth-order valence-electron chi connectivity index (χ4n) is 1.77. The van der Waals surface area contributed by atoms with Gasteiger partial charge in [-0.3, -0.25) is 0 Å². The molecule has 0 aliphatic heterocycles. The minimum absolute atomic E-state index is 0. The number of aromatic hydroxyl groups is 1. The Labute approximate surface area is 132 Å². The maximum absolute atomic E-state index is 9.84. The second-order valence-electron chi connectivity index (χ2n) is 4.20. The second-order valence-corrected chi connectivity index (χ2v) is 6.70. The molecule has 1 fully saturated rings. The molecule has 3 N–H and O–H groups in total. The van der Waals surface area contributed by atoms with Gasteiger partial charge in [0.1, 0.15) is 5.75 Å². The molecule has 1 aromatic carbocycles. The van der Waals surface area contributed by atoms with Crippen molar-refractivity contribution in [3.05, 3.63) is 25.0 Å². The third kappa shape index (κ3) is 3.60. The number of phenols is 1. The van der Waals surface area contributed by atoms with Gasteiger partial charge in [-0.25, -0.2) is 0 Å². The van der Waals surface area contributed by atoms with Crippen molar-refractivity contribution in [2.45, 2.75) is 25.3 Å². The molecule has 96 valence electrons. The average molecular weight is 450 g/mol. The van der Waals surface area contributed by atoms with Crippen LogP contribution < -0.4 is 5.73 Å². The summed E-state index contributed by atoms with van der Waals surface area (Å²) >= 11 is 10.2. The van der Waals surface area contributed by atoms with Gasteiger partial charge in [0.05, 0.1) is 8.95 Å². The molecule has 1 aromatic rings. The van der Waals surface area contributed by atoms with Gasteiger partial charge in [-0.2, -0.15) is 0 Å². The van der Waals surface area contributed by atoms with E-state index in [2.05, 4.69) is 47.8 Å². The molecule has 17 heavy (non-hydrogen) atoms. The number of hydrogen-bond donors (Lipinski definition) is 2. The zero-order valence-corrected chi connectivity index (χ0v) is 14.5. The van der Waals surface area contributed by atoms with Crippen molar-refractivity contribution in [2.75, 3.05) is 0 Å². The minimum Gasteiger partial charge on any atom is -0.506 e. The summed E-state index contributed by atoms with van der Waals surface area (Å²) in [6, 6.07) is 1.80. The van der Waals surface area contributed by atoms with Crippen LogP contribution in [0.25, 0.3) is 0 Å². The van der Waals surface area contributed by atoms with Gasteiger partial charge >= 0.3 is 0 Å². The molecule has 0 unspecified atom stereocenters. The summed E-state index contributed by atoms with van der Waals surface area (Å²) in [6.45, 7) is 0. The van der Waals surface area contributed by atoms with Gasteiger partial charge in [0, 0.05) is 16.1 Å². The van der Waals surface area contributed by atoms with Crippen molar-refractivity contribution in [3.63, 3.8) is 0 Å². The number of benzene rings is 1. The zero-order chi connectivity index (χ0) is 11.9. The van der Waals surface area contributed by atoms with E-state index in [9.17, 15) is 5.11 Å². The van der Waals surface area contributed by atoms with Crippen molar-refractivity contribution in [1.82, 2.24) is 0 Å². The molecule has 6 heteroatoms. The topological polar surface area (TPSA) is 46.2 Å². The highest BCUT2D eigenvalue weighted by molar-refractivity contribution is 9.11. The summed E-state index contributed by atoms with van der Waals surface area (Å²) in [7, 11) is 0. The third-order valence-corrected chi connectivity index (χ3v) is 4.90. The zero-order valence-electron chi connectivity index (χ0n) is 8.92. The molecule has 2 nitrogen and oxygen atoms in total. The van der Waals surface area contributed by atoms with E-state index in [1.165, 1.54) is 12.8 Å². The van der Waals surface area contributed by atoms with E-state index in [0.29, 0.717) is 8.95 Å². The highest BCUT2D eigenvalue weighted by Crippen LogP contribution is 2.45. The Balaban J connectivity index is 0.00000144. The Morgan fingerprint density at radius 3 is 2.41 bits per heavy atom. The number of nitrogens with two attached hydrogens (primary N) is 1. The highest BCUT2D eigenvalue weighted by Gasteiger charge is 2.27. The average Bonchev–Trinajstić information content (AvgIpc) is 2.98. The summed E-state index contributed by atoms with van der Waals surface area (Å²) in [5.41, 5.74) is 7.12. The molecule has 0 spiro atoms. The van der Waals surface area contributed by atoms with Gasteiger partial charge in [-0.15, -0.1) is 12.4 Å². The van der Waals surface area contributed by atoms with E-state index in [1.54, 1.807) is 0 Å². The molecule has 1 aliphatic rings. The van der Waals surface area contributed by atoms with E-state index in [-0.39, 0.29) is 24.2 Å². The monoisotopic (exact) mass is 447 g/mol. The fraction of sp³-hybridized carbons (Fsp3) is 0.455. The van der Waals surface area contributed by atoms with Crippen LogP contribution in [0.1, 0.15) is 30.9 Å². The normalized spacial score (nSPS) is 16.5. The van der Waals surface area contributed by atoms with Crippen LogP contribution in [0.2, 0.25) is 0 Å². The maximum Gasteiger partial charge on any atom is 0.144 e. The van der Waals surface area contributed by atoms with E-state index in [0.717, 1.165) is 22.4 Å². The SMILES string of the molecule is Cl.N[C@@H](CC1CC1)c1c(Br)cc(Br)c(O)c1Br. The summed E-state index contributed by atoms with van der Waals surface area (Å²) in [5, 5.41) is 9.84. The predicted octanol–water partition coefficient (Wildman–Crippen LogP) is 4.90. The van der Waals surface area contributed by atoms with Crippen molar-refractivity contribution in [1.29, 1.82) is 0 Å². The Morgan fingerprint density at radius 1 is 1.29 bits per heavy atom. The van der Waals surface area contributed by atoms with Crippen molar-refractivity contribution in [2.24, 2.45) is 11.7 Å². The lowest BCUT2D eigenvalue weighted by molar-refractivity contribution is 0.465.